The van der Waals surface area contributed by atoms with Crippen molar-refractivity contribution in [2.75, 3.05) is 5.32 Å². The Balaban J connectivity index is 1.58. The van der Waals surface area contributed by atoms with Gasteiger partial charge in [0, 0.05) is 47.0 Å². The molecule has 0 saturated carbocycles. The summed E-state index contributed by atoms with van der Waals surface area (Å²) in [4.78, 5) is 49.2. The molecule has 1 N–H and O–H groups in total. The number of rotatable bonds is 8. The number of pyridine rings is 1. The molecule has 9 heteroatoms. The minimum atomic E-state index is -0.284. The van der Waals surface area contributed by atoms with Crippen molar-refractivity contribution in [3.8, 4) is 0 Å². The molecule has 3 heterocycles. The first kappa shape index (κ1) is 22.3. The number of fused-ring (bicyclic) bond motifs is 1. The predicted molar refractivity (Wildman–Crippen MR) is 124 cm³/mol. The van der Waals surface area contributed by atoms with E-state index in [2.05, 4.69) is 20.3 Å². The van der Waals surface area contributed by atoms with Crippen LogP contribution >= 0.6 is 11.6 Å². The van der Waals surface area contributed by atoms with E-state index in [0.717, 1.165) is 11.8 Å². The van der Waals surface area contributed by atoms with E-state index >= 15 is 0 Å². The highest BCUT2D eigenvalue weighted by molar-refractivity contribution is 6.30. The lowest BCUT2D eigenvalue weighted by atomic mass is 10.1. The van der Waals surface area contributed by atoms with Crippen LogP contribution in [0.2, 0.25) is 5.02 Å². The number of benzene rings is 1. The lowest BCUT2D eigenvalue weighted by Crippen LogP contribution is -2.15. The average molecular weight is 462 g/mol. The Morgan fingerprint density at radius 3 is 2.70 bits per heavy atom. The first-order valence-corrected chi connectivity index (χ1v) is 10.6. The molecule has 4 aromatic rings. The second-order valence-electron chi connectivity index (χ2n) is 7.60. The third-order valence-corrected chi connectivity index (χ3v) is 5.47. The zero-order valence-electron chi connectivity index (χ0n) is 17.7. The third kappa shape index (κ3) is 4.96. The summed E-state index contributed by atoms with van der Waals surface area (Å²) in [6, 6.07) is 8.42. The van der Waals surface area contributed by atoms with Crippen molar-refractivity contribution in [3.63, 3.8) is 0 Å². The zero-order valence-corrected chi connectivity index (χ0v) is 18.5. The molecule has 0 saturated heterocycles. The topological polar surface area (TPSA) is 107 Å². The number of aldehydes is 1. The number of amides is 1. The van der Waals surface area contributed by atoms with Crippen LogP contribution in [0.4, 0.5) is 5.69 Å². The van der Waals surface area contributed by atoms with Crippen LogP contribution in [-0.2, 0) is 16.0 Å². The van der Waals surface area contributed by atoms with Crippen LogP contribution in [0, 0.1) is 0 Å². The molecule has 8 nitrogen and oxygen atoms in total. The maximum Gasteiger partial charge on any atom is 0.228 e. The minimum Gasteiger partial charge on any atom is -0.328 e. The van der Waals surface area contributed by atoms with Gasteiger partial charge < -0.3 is 14.7 Å². The molecule has 0 fully saturated rings. The lowest BCUT2D eigenvalue weighted by Gasteiger charge is -2.10. The summed E-state index contributed by atoms with van der Waals surface area (Å²) >= 11 is 5.88. The number of hydrogen-bond acceptors (Lipinski definition) is 6. The van der Waals surface area contributed by atoms with Crippen molar-refractivity contribution in [3.05, 3.63) is 83.2 Å². The molecule has 1 aromatic carbocycles. The number of nitrogens with one attached hydrogen (secondary N) is 1. The number of carbonyl (C=O) groups is 3. The highest BCUT2D eigenvalue weighted by atomic mass is 35.5. The predicted octanol–water partition coefficient (Wildman–Crippen LogP) is 4.04. The molecule has 0 radical (unpaired) electrons. The van der Waals surface area contributed by atoms with E-state index in [1.807, 2.05) is 6.92 Å². The van der Waals surface area contributed by atoms with Gasteiger partial charge in [0.15, 0.2) is 5.78 Å². The first-order chi connectivity index (χ1) is 16.0. The largest absolute Gasteiger partial charge is 0.328 e. The Bertz CT molecular complexity index is 1330. The van der Waals surface area contributed by atoms with E-state index < -0.39 is 0 Å². The molecule has 0 aliphatic heterocycles. The normalized spacial score (nSPS) is 11.8. The zero-order chi connectivity index (χ0) is 23.4. The number of carbonyl (C=O) groups excluding carboxylic acids is 3. The number of aromatic nitrogens is 4. The van der Waals surface area contributed by atoms with Crippen LogP contribution in [0.3, 0.4) is 0 Å². The van der Waals surface area contributed by atoms with Crippen molar-refractivity contribution in [2.24, 2.45) is 0 Å². The Morgan fingerprint density at radius 2 is 1.94 bits per heavy atom. The maximum absolute atomic E-state index is 13.3. The van der Waals surface area contributed by atoms with Crippen molar-refractivity contribution < 1.29 is 14.4 Å². The van der Waals surface area contributed by atoms with Crippen LogP contribution in [0.15, 0.2) is 61.4 Å². The van der Waals surface area contributed by atoms with Gasteiger partial charge in [-0.05, 0) is 30.7 Å². The molecular formula is C24H20ClN5O3. The highest BCUT2D eigenvalue weighted by Crippen LogP contribution is 2.26. The molecule has 0 spiro atoms. The molecule has 33 heavy (non-hydrogen) atoms. The van der Waals surface area contributed by atoms with Crippen LogP contribution < -0.4 is 5.32 Å². The number of anilines is 1. The van der Waals surface area contributed by atoms with Crippen molar-refractivity contribution >= 4 is 46.3 Å². The van der Waals surface area contributed by atoms with E-state index in [0.29, 0.717) is 32.9 Å². The van der Waals surface area contributed by atoms with Gasteiger partial charge in [0.05, 0.1) is 23.9 Å². The van der Waals surface area contributed by atoms with Gasteiger partial charge in [0.25, 0.3) is 0 Å². The van der Waals surface area contributed by atoms with Gasteiger partial charge in [0.1, 0.15) is 18.3 Å². The van der Waals surface area contributed by atoms with E-state index in [4.69, 9.17) is 11.6 Å². The molecule has 0 bridgehead atoms. The molecule has 1 atom stereocenters. The molecule has 0 aliphatic rings. The van der Waals surface area contributed by atoms with Crippen LogP contribution in [0.5, 0.6) is 0 Å². The monoisotopic (exact) mass is 461 g/mol. The molecule has 4 rings (SSSR count). The van der Waals surface area contributed by atoms with Gasteiger partial charge in [-0.1, -0.05) is 23.7 Å². The van der Waals surface area contributed by atoms with E-state index in [1.165, 1.54) is 18.7 Å². The molecule has 1 unspecified atom stereocenters. The second-order valence-corrected chi connectivity index (χ2v) is 8.04. The van der Waals surface area contributed by atoms with Crippen molar-refractivity contribution in [1.29, 1.82) is 0 Å². The Kier molecular flexibility index (Phi) is 6.55. The summed E-state index contributed by atoms with van der Waals surface area (Å²) in [6.45, 7) is 1.88. The number of halogens is 1. The first-order valence-electron chi connectivity index (χ1n) is 10.2. The van der Waals surface area contributed by atoms with Gasteiger partial charge in [-0.3, -0.25) is 14.6 Å². The second kappa shape index (κ2) is 9.70. The van der Waals surface area contributed by atoms with Gasteiger partial charge in [-0.15, -0.1) is 0 Å². The fraction of sp³-hybridized carbons (Fsp3) is 0.167. The number of hydrogen-bond donors (Lipinski definition) is 1. The van der Waals surface area contributed by atoms with E-state index in [-0.39, 0.29) is 30.6 Å². The Hall–Kier alpha value is -3.91. The van der Waals surface area contributed by atoms with Gasteiger partial charge in [-0.25, -0.2) is 9.97 Å². The van der Waals surface area contributed by atoms with Crippen LogP contribution in [0.1, 0.15) is 40.9 Å². The van der Waals surface area contributed by atoms with Crippen LogP contribution in [-0.4, -0.2) is 37.5 Å². The van der Waals surface area contributed by atoms with Gasteiger partial charge >= 0.3 is 0 Å². The van der Waals surface area contributed by atoms with Crippen LogP contribution in [0.25, 0.3) is 11.0 Å². The fourth-order valence-electron chi connectivity index (χ4n) is 3.54. The standard InChI is InChI=1S/C24H20ClN5O3/c1-15(6-7-31)30-13-21(20-12-27-14-28-24(20)30)23(33)17-9-19(11-26-10-17)29-22(32)8-16-2-4-18(25)5-3-16/h2-5,7,9-15H,6,8H2,1H3,(H,29,32). The number of ketones is 1. The molecule has 166 valence electrons. The summed E-state index contributed by atoms with van der Waals surface area (Å²) in [5.74, 6) is -0.524. The third-order valence-electron chi connectivity index (χ3n) is 5.21. The van der Waals surface area contributed by atoms with Crippen molar-refractivity contribution in [2.45, 2.75) is 25.8 Å². The summed E-state index contributed by atoms with van der Waals surface area (Å²) in [6.07, 6.45) is 8.87. The summed E-state index contributed by atoms with van der Waals surface area (Å²) in [5.41, 5.74) is 2.51. The fourth-order valence-corrected chi connectivity index (χ4v) is 3.67. The molecule has 3 aromatic heterocycles. The van der Waals surface area contributed by atoms with E-state index in [9.17, 15) is 14.4 Å². The Labute approximate surface area is 194 Å². The molecule has 0 aliphatic carbocycles. The summed E-state index contributed by atoms with van der Waals surface area (Å²) in [7, 11) is 0. The van der Waals surface area contributed by atoms with Gasteiger partial charge in [0.2, 0.25) is 5.91 Å². The molecule has 1 amide bonds. The smallest absolute Gasteiger partial charge is 0.228 e. The summed E-state index contributed by atoms with van der Waals surface area (Å²) in [5, 5.41) is 3.95. The lowest BCUT2D eigenvalue weighted by molar-refractivity contribution is -0.115. The highest BCUT2D eigenvalue weighted by Gasteiger charge is 2.20. The minimum absolute atomic E-state index is 0.161. The average Bonchev–Trinajstić information content (AvgIpc) is 3.20. The molecular weight excluding hydrogens is 442 g/mol. The number of nitrogens with zero attached hydrogens (tertiary/aromatic N) is 4. The quantitative estimate of drug-likeness (QED) is 0.313. The maximum atomic E-state index is 13.3. The SMILES string of the molecule is CC(CC=O)n1cc(C(=O)c2cncc(NC(=O)Cc3ccc(Cl)cc3)c2)c2cncnc21. The van der Waals surface area contributed by atoms with Crippen molar-refractivity contribution in [1.82, 2.24) is 19.5 Å². The van der Waals surface area contributed by atoms with E-state index in [1.54, 1.807) is 47.3 Å². The Morgan fingerprint density at radius 1 is 1.15 bits per heavy atom. The summed E-state index contributed by atoms with van der Waals surface area (Å²) < 4.78 is 1.80. The van der Waals surface area contributed by atoms with Gasteiger partial charge in [-0.2, -0.15) is 0 Å².